The maximum absolute atomic E-state index is 5.99. The molecule has 132 valence electrons. The highest BCUT2D eigenvalue weighted by Gasteiger charge is 2.13. The van der Waals surface area contributed by atoms with Crippen molar-refractivity contribution in [2.75, 3.05) is 17.4 Å². The van der Waals surface area contributed by atoms with Crippen molar-refractivity contribution in [3.8, 4) is 11.5 Å². The van der Waals surface area contributed by atoms with E-state index in [2.05, 4.69) is 25.8 Å². The molecule has 7 nitrogen and oxygen atoms in total. The van der Waals surface area contributed by atoms with Gasteiger partial charge in [-0.25, -0.2) is 0 Å². The molecule has 0 amide bonds. The summed E-state index contributed by atoms with van der Waals surface area (Å²) in [6.07, 6.45) is 1.57. The van der Waals surface area contributed by atoms with Crippen molar-refractivity contribution in [1.82, 2.24) is 15.2 Å². The number of hydrogen-bond acceptors (Lipinski definition) is 7. The predicted molar refractivity (Wildman–Crippen MR) is 99.2 cm³/mol. The zero-order valence-electron chi connectivity index (χ0n) is 14.0. The van der Waals surface area contributed by atoms with Crippen LogP contribution in [-0.4, -0.2) is 22.0 Å². The predicted octanol–water partition coefficient (Wildman–Crippen LogP) is 3.92. The number of anilines is 3. The van der Waals surface area contributed by atoms with Crippen molar-refractivity contribution in [3.05, 3.63) is 58.7 Å². The van der Waals surface area contributed by atoms with Crippen LogP contribution in [0.4, 0.5) is 17.5 Å². The average molecular weight is 370 g/mol. The molecule has 0 fully saturated rings. The Hall–Kier alpha value is -3.06. The minimum atomic E-state index is 0.261. The number of benzene rings is 2. The number of nitrogens with zero attached hydrogens (tertiary/aromatic N) is 3. The van der Waals surface area contributed by atoms with E-state index in [1.54, 1.807) is 6.20 Å². The van der Waals surface area contributed by atoms with Crippen molar-refractivity contribution in [1.29, 1.82) is 0 Å². The third-order valence-electron chi connectivity index (χ3n) is 3.90. The van der Waals surface area contributed by atoms with Crippen LogP contribution < -0.4 is 20.1 Å². The summed E-state index contributed by atoms with van der Waals surface area (Å²) in [6.45, 7) is 2.78. The van der Waals surface area contributed by atoms with Gasteiger partial charge in [-0.1, -0.05) is 17.7 Å². The van der Waals surface area contributed by atoms with E-state index in [1.807, 2.05) is 43.3 Å². The van der Waals surface area contributed by atoms with Crippen LogP contribution in [0, 0.1) is 6.92 Å². The topological polar surface area (TPSA) is 81.2 Å². The Morgan fingerprint density at radius 3 is 2.88 bits per heavy atom. The van der Waals surface area contributed by atoms with Crippen molar-refractivity contribution >= 4 is 29.1 Å². The van der Waals surface area contributed by atoms with Crippen molar-refractivity contribution < 1.29 is 9.47 Å². The van der Waals surface area contributed by atoms with Crippen LogP contribution in [-0.2, 0) is 6.54 Å². The molecule has 1 aliphatic heterocycles. The molecule has 0 spiro atoms. The molecule has 4 rings (SSSR count). The molecule has 3 aromatic rings. The SMILES string of the molecule is Cc1cc(Cl)ccc1Nc1cnnc(NCc2ccc3c(c2)OCO3)n1. The number of hydrogen-bond donors (Lipinski definition) is 2. The molecule has 1 aromatic heterocycles. The molecule has 0 atom stereocenters. The summed E-state index contributed by atoms with van der Waals surface area (Å²) in [6, 6.07) is 11.4. The monoisotopic (exact) mass is 369 g/mol. The maximum atomic E-state index is 5.99. The summed E-state index contributed by atoms with van der Waals surface area (Å²) < 4.78 is 10.7. The van der Waals surface area contributed by atoms with Gasteiger partial charge in [0.25, 0.3) is 0 Å². The number of rotatable bonds is 5. The first-order chi connectivity index (χ1) is 12.7. The van der Waals surface area contributed by atoms with Gasteiger partial charge in [0.1, 0.15) is 0 Å². The number of aromatic nitrogens is 3. The lowest BCUT2D eigenvalue weighted by molar-refractivity contribution is 0.174. The smallest absolute Gasteiger partial charge is 0.244 e. The highest BCUT2D eigenvalue weighted by atomic mass is 35.5. The molecule has 2 aromatic carbocycles. The molecule has 0 saturated carbocycles. The fourth-order valence-corrected chi connectivity index (χ4v) is 2.80. The summed E-state index contributed by atoms with van der Waals surface area (Å²) in [4.78, 5) is 4.43. The van der Waals surface area contributed by atoms with Gasteiger partial charge in [-0.15, -0.1) is 5.10 Å². The highest BCUT2D eigenvalue weighted by Crippen LogP contribution is 2.32. The Kier molecular flexibility index (Phi) is 4.45. The fourth-order valence-electron chi connectivity index (χ4n) is 2.58. The second-order valence-electron chi connectivity index (χ2n) is 5.79. The number of aryl methyl sites for hydroxylation is 1. The van der Waals surface area contributed by atoms with Crippen LogP contribution in [0.3, 0.4) is 0 Å². The summed E-state index contributed by atoms with van der Waals surface area (Å²) in [5.41, 5.74) is 2.97. The molecule has 0 radical (unpaired) electrons. The summed E-state index contributed by atoms with van der Waals surface area (Å²) in [7, 11) is 0. The first-order valence-electron chi connectivity index (χ1n) is 8.03. The van der Waals surface area contributed by atoms with E-state index in [1.165, 1.54) is 0 Å². The van der Waals surface area contributed by atoms with E-state index in [0.717, 1.165) is 28.3 Å². The molecule has 0 aliphatic carbocycles. The quantitative estimate of drug-likeness (QED) is 0.705. The van der Waals surface area contributed by atoms with Crippen LogP contribution in [0.2, 0.25) is 5.02 Å². The largest absolute Gasteiger partial charge is 0.454 e. The number of nitrogens with one attached hydrogen (secondary N) is 2. The van der Waals surface area contributed by atoms with E-state index in [0.29, 0.717) is 23.3 Å². The highest BCUT2D eigenvalue weighted by molar-refractivity contribution is 6.30. The summed E-state index contributed by atoms with van der Waals surface area (Å²) in [5.74, 6) is 2.53. The Morgan fingerprint density at radius 2 is 2.00 bits per heavy atom. The minimum Gasteiger partial charge on any atom is -0.454 e. The lowest BCUT2D eigenvalue weighted by Crippen LogP contribution is -2.06. The van der Waals surface area contributed by atoms with Gasteiger partial charge in [-0.05, 0) is 48.4 Å². The van der Waals surface area contributed by atoms with E-state index in [9.17, 15) is 0 Å². The van der Waals surface area contributed by atoms with E-state index < -0.39 is 0 Å². The molecular weight excluding hydrogens is 354 g/mol. The summed E-state index contributed by atoms with van der Waals surface area (Å²) >= 11 is 5.99. The lowest BCUT2D eigenvalue weighted by Gasteiger charge is -2.10. The van der Waals surface area contributed by atoms with Crippen LogP contribution >= 0.6 is 11.6 Å². The number of halogens is 1. The van der Waals surface area contributed by atoms with Gasteiger partial charge in [0.05, 0.1) is 6.20 Å². The average Bonchev–Trinajstić information content (AvgIpc) is 3.10. The van der Waals surface area contributed by atoms with Crippen LogP contribution in [0.25, 0.3) is 0 Å². The van der Waals surface area contributed by atoms with Gasteiger partial charge in [-0.2, -0.15) is 10.1 Å². The van der Waals surface area contributed by atoms with Gasteiger partial charge in [0, 0.05) is 17.3 Å². The second kappa shape index (κ2) is 7.05. The van der Waals surface area contributed by atoms with Crippen LogP contribution in [0.5, 0.6) is 11.5 Å². The first kappa shape index (κ1) is 16.4. The maximum Gasteiger partial charge on any atom is 0.244 e. The molecule has 0 bridgehead atoms. The zero-order valence-corrected chi connectivity index (χ0v) is 14.7. The van der Waals surface area contributed by atoms with Crippen molar-refractivity contribution in [3.63, 3.8) is 0 Å². The molecule has 0 saturated heterocycles. The molecule has 8 heteroatoms. The normalized spacial score (nSPS) is 12.1. The number of ether oxygens (including phenoxy) is 2. The van der Waals surface area contributed by atoms with Gasteiger partial charge in [0.15, 0.2) is 17.3 Å². The molecule has 2 heterocycles. The van der Waals surface area contributed by atoms with Crippen molar-refractivity contribution in [2.45, 2.75) is 13.5 Å². The van der Waals surface area contributed by atoms with E-state index in [4.69, 9.17) is 21.1 Å². The lowest BCUT2D eigenvalue weighted by atomic mass is 10.2. The standard InChI is InChI=1S/C18H16ClN5O2/c1-11-6-13(19)3-4-14(11)22-17-9-21-24-18(23-17)20-8-12-2-5-15-16(7-12)26-10-25-15/h2-7,9H,8,10H2,1H3,(H2,20,22,23,24). The van der Waals surface area contributed by atoms with E-state index in [-0.39, 0.29) is 6.79 Å². The molecule has 2 N–H and O–H groups in total. The Balaban J connectivity index is 1.44. The summed E-state index contributed by atoms with van der Waals surface area (Å²) in [5, 5.41) is 15.1. The van der Waals surface area contributed by atoms with E-state index >= 15 is 0 Å². The Labute approximate surface area is 155 Å². The van der Waals surface area contributed by atoms with Gasteiger partial charge in [0.2, 0.25) is 12.7 Å². The third-order valence-corrected chi connectivity index (χ3v) is 4.13. The van der Waals surface area contributed by atoms with Crippen LogP contribution in [0.15, 0.2) is 42.6 Å². The third kappa shape index (κ3) is 3.62. The van der Waals surface area contributed by atoms with Gasteiger partial charge < -0.3 is 20.1 Å². The fraction of sp³-hybridized carbons (Fsp3) is 0.167. The molecular formula is C18H16ClN5O2. The van der Waals surface area contributed by atoms with Crippen LogP contribution in [0.1, 0.15) is 11.1 Å². The zero-order chi connectivity index (χ0) is 17.9. The van der Waals surface area contributed by atoms with Gasteiger partial charge in [-0.3, -0.25) is 0 Å². The second-order valence-corrected chi connectivity index (χ2v) is 6.23. The Bertz CT molecular complexity index is 951. The Morgan fingerprint density at radius 1 is 1.12 bits per heavy atom. The van der Waals surface area contributed by atoms with Crippen molar-refractivity contribution in [2.24, 2.45) is 0 Å². The first-order valence-corrected chi connectivity index (χ1v) is 8.40. The minimum absolute atomic E-state index is 0.261. The molecule has 1 aliphatic rings. The van der Waals surface area contributed by atoms with Gasteiger partial charge >= 0.3 is 0 Å². The molecule has 0 unspecified atom stereocenters. The molecule has 26 heavy (non-hydrogen) atoms. The number of fused-ring (bicyclic) bond motifs is 1.